The van der Waals surface area contributed by atoms with Gasteiger partial charge in [-0.2, -0.15) is 0 Å². The van der Waals surface area contributed by atoms with Gasteiger partial charge in [0, 0.05) is 5.69 Å². The lowest BCUT2D eigenvalue weighted by Gasteiger charge is -2.26. The third kappa shape index (κ3) is 5.17. The first-order chi connectivity index (χ1) is 18.7. The number of Topliss-reactive ketones (excluding diaryl/α,β-unsaturated/α-hetero) is 1. The predicted molar refractivity (Wildman–Crippen MR) is 148 cm³/mol. The number of ether oxygens (including phenoxy) is 3. The van der Waals surface area contributed by atoms with Gasteiger partial charge in [0.15, 0.2) is 11.5 Å². The van der Waals surface area contributed by atoms with E-state index in [0.717, 1.165) is 0 Å². The summed E-state index contributed by atoms with van der Waals surface area (Å²) in [4.78, 5) is 40.4. The van der Waals surface area contributed by atoms with Crippen LogP contribution in [0.1, 0.15) is 40.9 Å². The van der Waals surface area contributed by atoms with Crippen LogP contribution >= 0.6 is 23.2 Å². The maximum absolute atomic E-state index is 13.5. The Labute approximate surface area is 235 Å². The summed E-state index contributed by atoms with van der Waals surface area (Å²) in [7, 11) is 2.72. The molecule has 3 aromatic carbocycles. The summed E-state index contributed by atoms with van der Waals surface area (Å²) in [6.07, 6.45) is 0.682. The van der Waals surface area contributed by atoms with Crippen molar-refractivity contribution in [3.05, 3.63) is 93.0 Å². The SMILES string of the molecule is CCCOC(=O)c1ccc(N2C(=O)C(=O)/C(=C(/O)c3cc(Cl)c(OC)c(Cl)c3OC)C2c2ccccc2)cc1. The molecular weight excluding hydrogens is 545 g/mol. The summed E-state index contributed by atoms with van der Waals surface area (Å²) in [5, 5.41) is 11.6. The highest BCUT2D eigenvalue weighted by atomic mass is 35.5. The first kappa shape index (κ1) is 28.0. The summed E-state index contributed by atoms with van der Waals surface area (Å²) in [6.45, 7) is 2.17. The lowest BCUT2D eigenvalue weighted by molar-refractivity contribution is -0.132. The molecule has 0 bridgehead atoms. The standard InChI is InChI=1S/C29H25Cl2NO7/c1-4-14-39-29(36)17-10-12-18(13-11-17)32-23(16-8-6-5-7-9-16)21(25(34)28(32)35)24(33)19-15-20(30)27(38-3)22(31)26(19)37-2/h5-13,15,23,33H,4,14H2,1-3H3/b24-21+. The molecule has 1 aliphatic heterocycles. The number of benzene rings is 3. The summed E-state index contributed by atoms with van der Waals surface area (Å²) in [6, 6.07) is 15.2. The van der Waals surface area contributed by atoms with Gasteiger partial charge in [-0.3, -0.25) is 14.5 Å². The zero-order valence-electron chi connectivity index (χ0n) is 21.4. The Bertz CT molecular complexity index is 1450. The van der Waals surface area contributed by atoms with Crippen LogP contribution in [0.4, 0.5) is 5.69 Å². The monoisotopic (exact) mass is 569 g/mol. The number of aliphatic hydroxyl groups is 1. The molecule has 0 radical (unpaired) electrons. The van der Waals surface area contributed by atoms with E-state index in [0.29, 0.717) is 23.2 Å². The number of hydrogen-bond acceptors (Lipinski definition) is 7. The molecule has 8 nitrogen and oxygen atoms in total. The molecule has 202 valence electrons. The van der Waals surface area contributed by atoms with Crippen LogP contribution in [0.5, 0.6) is 11.5 Å². The minimum absolute atomic E-state index is 0.00918. The number of hydrogen-bond donors (Lipinski definition) is 1. The van der Waals surface area contributed by atoms with Gasteiger partial charge >= 0.3 is 5.97 Å². The molecule has 10 heteroatoms. The van der Waals surface area contributed by atoms with E-state index in [2.05, 4.69) is 0 Å². The number of anilines is 1. The van der Waals surface area contributed by atoms with E-state index in [1.54, 1.807) is 42.5 Å². The van der Waals surface area contributed by atoms with Crippen molar-refractivity contribution in [3.63, 3.8) is 0 Å². The highest BCUT2D eigenvalue weighted by Gasteiger charge is 2.47. The lowest BCUT2D eigenvalue weighted by Crippen LogP contribution is -2.29. The number of halogens is 2. The number of carbonyl (C=O) groups excluding carboxylic acids is 3. The summed E-state index contributed by atoms with van der Waals surface area (Å²) < 4.78 is 15.8. The summed E-state index contributed by atoms with van der Waals surface area (Å²) in [5.74, 6) is -2.65. The van der Waals surface area contributed by atoms with E-state index in [1.165, 1.54) is 37.3 Å². The fourth-order valence-corrected chi connectivity index (χ4v) is 5.06. The van der Waals surface area contributed by atoms with Gasteiger partial charge in [0.05, 0.1) is 48.6 Å². The highest BCUT2D eigenvalue weighted by Crippen LogP contribution is 2.48. The Kier molecular flexibility index (Phi) is 8.47. The Morgan fingerprint density at radius 1 is 0.974 bits per heavy atom. The minimum atomic E-state index is -1.01. The number of amides is 1. The largest absolute Gasteiger partial charge is 0.507 e. The van der Waals surface area contributed by atoms with Crippen LogP contribution in [0.3, 0.4) is 0 Å². The first-order valence-electron chi connectivity index (χ1n) is 12.0. The molecule has 1 amide bonds. The van der Waals surface area contributed by atoms with Gasteiger partial charge in [-0.05, 0) is 42.3 Å². The van der Waals surface area contributed by atoms with Crippen LogP contribution in [-0.4, -0.2) is 43.6 Å². The predicted octanol–water partition coefficient (Wildman–Crippen LogP) is 6.20. The third-order valence-electron chi connectivity index (χ3n) is 6.17. The number of carbonyl (C=O) groups is 3. The van der Waals surface area contributed by atoms with Gasteiger partial charge < -0.3 is 19.3 Å². The highest BCUT2D eigenvalue weighted by molar-refractivity contribution is 6.52. The number of methoxy groups -OCH3 is 2. The lowest BCUT2D eigenvalue weighted by atomic mass is 9.94. The Balaban J connectivity index is 1.89. The van der Waals surface area contributed by atoms with Crippen molar-refractivity contribution in [2.45, 2.75) is 19.4 Å². The molecule has 1 saturated heterocycles. The number of nitrogens with zero attached hydrogens (tertiary/aromatic N) is 1. The van der Waals surface area contributed by atoms with E-state index < -0.39 is 29.5 Å². The number of rotatable bonds is 8. The van der Waals surface area contributed by atoms with Crippen LogP contribution in [0, 0.1) is 0 Å². The third-order valence-corrected chi connectivity index (χ3v) is 6.80. The Hall–Kier alpha value is -4.01. The van der Waals surface area contributed by atoms with E-state index in [1.807, 2.05) is 6.92 Å². The molecule has 1 unspecified atom stereocenters. The summed E-state index contributed by atoms with van der Waals surface area (Å²) >= 11 is 12.7. The molecule has 0 saturated carbocycles. The van der Waals surface area contributed by atoms with E-state index >= 15 is 0 Å². The molecule has 0 spiro atoms. The van der Waals surface area contributed by atoms with Crippen molar-refractivity contribution in [1.29, 1.82) is 0 Å². The van der Waals surface area contributed by atoms with Gasteiger partial charge in [-0.15, -0.1) is 0 Å². The molecule has 1 aliphatic rings. The zero-order valence-corrected chi connectivity index (χ0v) is 22.9. The quantitative estimate of drug-likeness (QED) is 0.149. The van der Waals surface area contributed by atoms with Gasteiger partial charge in [0.2, 0.25) is 0 Å². The number of aliphatic hydroxyl groups excluding tert-OH is 1. The van der Waals surface area contributed by atoms with E-state index in [4.69, 9.17) is 37.4 Å². The van der Waals surface area contributed by atoms with Gasteiger partial charge in [0.25, 0.3) is 11.7 Å². The molecule has 1 fully saturated rings. The minimum Gasteiger partial charge on any atom is -0.507 e. The fraction of sp³-hybridized carbons (Fsp3) is 0.207. The van der Waals surface area contributed by atoms with Crippen LogP contribution in [0.15, 0.2) is 66.2 Å². The van der Waals surface area contributed by atoms with Crippen molar-refractivity contribution in [2.75, 3.05) is 25.7 Å². The molecule has 3 aromatic rings. The van der Waals surface area contributed by atoms with Crippen molar-refractivity contribution < 1.29 is 33.7 Å². The number of esters is 1. The van der Waals surface area contributed by atoms with Gasteiger partial charge in [-0.25, -0.2) is 4.79 Å². The molecule has 39 heavy (non-hydrogen) atoms. The maximum Gasteiger partial charge on any atom is 0.338 e. The van der Waals surface area contributed by atoms with E-state index in [-0.39, 0.29) is 39.3 Å². The second kappa shape index (κ2) is 11.8. The molecule has 0 aliphatic carbocycles. The van der Waals surface area contributed by atoms with E-state index in [9.17, 15) is 19.5 Å². The molecule has 1 atom stereocenters. The summed E-state index contributed by atoms with van der Waals surface area (Å²) in [5.41, 5.74) is 1.03. The first-order valence-corrected chi connectivity index (χ1v) is 12.7. The normalized spacial score (nSPS) is 16.3. The second-order valence-electron chi connectivity index (χ2n) is 8.55. The Morgan fingerprint density at radius 3 is 2.21 bits per heavy atom. The topological polar surface area (TPSA) is 102 Å². The molecule has 0 aromatic heterocycles. The van der Waals surface area contributed by atoms with Crippen LogP contribution < -0.4 is 14.4 Å². The molecule has 1 heterocycles. The molecule has 1 N–H and O–H groups in total. The van der Waals surface area contributed by atoms with Crippen LogP contribution in [-0.2, 0) is 14.3 Å². The van der Waals surface area contributed by atoms with Gasteiger partial charge in [-0.1, -0.05) is 60.5 Å². The second-order valence-corrected chi connectivity index (χ2v) is 9.33. The van der Waals surface area contributed by atoms with Crippen molar-refractivity contribution in [1.82, 2.24) is 0 Å². The van der Waals surface area contributed by atoms with Crippen molar-refractivity contribution in [2.24, 2.45) is 0 Å². The van der Waals surface area contributed by atoms with Crippen molar-refractivity contribution in [3.8, 4) is 11.5 Å². The zero-order chi connectivity index (χ0) is 28.3. The van der Waals surface area contributed by atoms with Gasteiger partial charge in [0.1, 0.15) is 10.8 Å². The molecule has 4 rings (SSSR count). The number of ketones is 1. The Morgan fingerprint density at radius 2 is 1.62 bits per heavy atom. The average Bonchev–Trinajstić information content (AvgIpc) is 3.21. The fourth-order valence-electron chi connectivity index (χ4n) is 4.38. The smallest absolute Gasteiger partial charge is 0.338 e. The van der Waals surface area contributed by atoms with Crippen LogP contribution in [0.2, 0.25) is 10.0 Å². The average molecular weight is 570 g/mol. The maximum atomic E-state index is 13.5. The van der Waals surface area contributed by atoms with Crippen LogP contribution in [0.25, 0.3) is 5.76 Å². The molecular formula is C29H25Cl2NO7. The van der Waals surface area contributed by atoms with Crippen molar-refractivity contribution >= 4 is 52.3 Å².